The molecule has 7 heteroatoms. The van der Waals surface area contributed by atoms with Crippen molar-refractivity contribution >= 4 is 34.9 Å². The zero-order chi connectivity index (χ0) is 19.0. The van der Waals surface area contributed by atoms with Gasteiger partial charge in [0.2, 0.25) is 0 Å². The molecule has 3 heterocycles. The zero-order valence-corrected chi connectivity index (χ0v) is 16.7. The van der Waals surface area contributed by atoms with Gasteiger partial charge in [-0.05, 0) is 37.5 Å². The summed E-state index contributed by atoms with van der Waals surface area (Å²) in [5.41, 5.74) is 2.43. The number of rotatable bonds is 2. The van der Waals surface area contributed by atoms with Gasteiger partial charge in [0.15, 0.2) is 0 Å². The molecule has 1 N–H and O–H groups in total. The van der Waals surface area contributed by atoms with Gasteiger partial charge in [0.1, 0.15) is 16.9 Å². The number of nitrogens with one attached hydrogen (secondary N) is 1. The summed E-state index contributed by atoms with van der Waals surface area (Å²) >= 11 is 12.6. The highest BCUT2D eigenvalue weighted by atomic mass is 35.5. The van der Waals surface area contributed by atoms with Crippen molar-refractivity contribution in [3.63, 3.8) is 0 Å². The molecule has 1 amide bonds. The molecule has 1 aromatic heterocycles. The summed E-state index contributed by atoms with van der Waals surface area (Å²) in [7, 11) is 0. The maximum atomic E-state index is 13.5. The third-order valence-electron chi connectivity index (χ3n) is 5.27. The highest BCUT2D eigenvalue weighted by molar-refractivity contribution is 6.33. The smallest absolute Gasteiger partial charge is 0.254 e. The number of nitrogens with zero attached hydrogens (tertiary/aromatic N) is 3. The molecule has 4 rings (SSSR count). The number of carbonyl (C=O) groups is 1. The van der Waals surface area contributed by atoms with Crippen LogP contribution in [0.25, 0.3) is 0 Å². The Bertz CT molecular complexity index is 897. The predicted octanol–water partition coefficient (Wildman–Crippen LogP) is 4.88. The number of anilines is 1. The van der Waals surface area contributed by atoms with E-state index in [1.54, 1.807) is 10.9 Å². The van der Waals surface area contributed by atoms with Gasteiger partial charge in [-0.1, -0.05) is 48.2 Å². The first kappa shape index (κ1) is 18.4. The molecule has 1 aromatic carbocycles. The molecule has 27 heavy (non-hydrogen) atoms. The first-order valence-electron chi connectivity index (χ1n) is 9.32. The monoisotopic (exact) mass is 404 g/mol. The van der Waals surface area contributed by atoms with E-state index < -0.39 is 0 Å². The molecule has 2 aliphatic heterocycles. The van der Waals surface area contributed by atoms with Crippen LogP contribution in [0.15, 0.2) is 41.7 Å². The number of allylic oxidation sites excluding steroid dienone is 1. The van der Waals surface area contributed by atoms with Crippen molar-refractivity contribution in [3.05, 3.63) is 57.3 Å². The largest absolute Gasteiger partial charge is 0.342 e. The average molecular weight is 405 g/mol. The molecular weight excluding hydrogens is 383 g/mol. The van der Waals surface area contributed by atoms with Gasteiger partial charge >= 0.3 is 0 Å². The molecular formula is C20H22Cl2N4O. The standard InChI is InChI=1S/C20H22Cl2N4O/c1-13-17(20(27)25-9-4-2-3-5-10-25)18(14-7-6-8-15(21)11-14)26-19(24-13)16(22)12-23-26/h6-8,11-12,18,24H,2-5,9-10H2,1H3. The van der Waals surface area contributed by atoms with E-state index in [0.717, 1.165) is 37.2 Å². The zero-order valence-electron chi connectivity index (χ0n) is 15.2. The van der Waals surface area contributed by atoms with Gasteiger partial charge in [0.25, 0.3) is 5.91 Å². The molecule has 1 fully saturated rings. The highest BCUT2D eigenvalue weighted by Gasteiger charge is 2.36. The lowest BCUT2D eigenvalue weighted by Crippen LogP contribution is -2.38. The van der Waals surface area contributed by atoms with Crippen molar-refractivity contribution in [1.82, 2.24) is 14.7 Å². The second-order valence-electron chi connectivity index (χ2n) is 7.11. The van der Waals surface area contributed by atoms with Crippen molar-refractivity contribution in [3.8, 4) is 0 Å². The van der Waals surface area contributed by atoms with Gasteiger partial charge in [-0.2, -0.15) is 5.10 Å². The summed E-state index contributed by atoms with van der Waals surface area (Å²) < 4.78 is 1.78. The van der Waals surface area contributed by atoms with Crippen molar-refractivity contribution < 1.29 is 4.79 Å². The topological polar surface area (TPSA) is 50.2 Å². The number of halogens is 2. The number of fused-ring (bicyclic) bond motifs is 1. The Morgan fingerprint density at radius 1 is 1.19 bits per heavy atom. The van der Waals surface area contributed by atoms with Crippen LogP contribution in [-0.2, 0) is 4.79 Å². The Balaban J connectivity index is 1.81. The van der Waals surface area contributed by atoms with Crippen molar-refractivity contribution in [2.45, 2.75) is 38.6 Å². The molecule has 142 valence electrons. The van der Waals surface area contributed by atoms with Gasteiger partial charge in [0, 0.05) is 23.8 Å². The molecule has 2 aliphatic rings. The number of amides is 1. The minimum absolute atomic E-state index is 0.0594. The fourth-order valence-electron chi connectivity index (χ4n) is 3.93. The van der Waals surface area contributed by atoms with E-state index in [1.807, 2.05) is 36.1 Å². The maximum Gasteiger partial charge on any atom is 0.254 e. The second-order valence-corrected chi connectivity index (χ2v) is 7.96. The van der Waals surface area contributed by atoms with Crippen LogP contribution in [-0.4, -0.2) is 33.7 Å². The molecule has 0 radical (unpaired) electrons. The first-order chi connectivity index (χ1) is 13.1. The Morgan fingerprint density at radius 2 is 1.93 bits per heavy atom. The Hall–Kier alpha value is -1.98. The molecule has 0 spiro atoms. The van der Waals surface area contributed by atoms with Crippen LogP contribution in [0.4, 0.5) is 5.82 Å². The number of hydrogen-bond donors (Lipinski definition) is 1. The molecule has 0 bridgehead atoms. The van der Waals surface area contributed by atoms with Crippen LogP contribution < -0.4 is 5.32 Å². The van der Waals surface area contributed by atoms with Crippen molar-refractivity contribution in [2.24, 2.45) is 0 Å². The molecule has 1 saturated heterocycles. The highest BCUT2D eigenvalue weighted by Crippen LogP contribution is 2.40. The fraction of sp³-hybridized carbons (Fsp3) is 0.400. The molecule has 0 saturated carbocycles. The summed E-state index contributed by atoms with van der Waals surface area (Å²) in [4.78, 5) is 15.5. The number of aromatic nitrogens is 2. The van der Waals surface area contributed by atoms with Crippen molar-refractivity contribution in [2.75, 3.05) is 18.4 Å². The summed E-state index contributed by atoms with van der Waals surface area (Å²) in [6.07, 6.45) is 6.06. The van der Waals surface area contributed by atoms with Gasteiger partial charge in [-0.25, -0.2) is 4.68 Å². The number of likely N-dealkylation sites (tertiary alicyclic amines) is 1. The van der Waals surface area contributed by atoms with Gasteiger partial charge in [-0.15, -0.1) is 0 Å². The van der Waals surface area contributed by atoms with Crippen LogP contribution in [0.5, 0.6) is 0 Å². The van der Waals surface area contributed by atoms with E-state index in [-0.39, 0.29) is 11.9 Å². The maximum absolute atomic E-state index is 13.5. The Morgan fingerprint density at radius 3 is 2.63 bits per heavy atom. The molecule has 2 aromatic rings. The van der Waals surface area contributed by atoms with E-state index in [0.29, 0.717) is 21.4 Å². The third-order valence-corrected chi connectivity index (χ3v) is 5.78. The van der Waals surface area contributed by atoms with Crippen LogP contribution in [0.1, 0.15) is 44.2 Å². The molecule has 1 unspecified atom stereocenters. The fourth-order valence-corrected chi connectivity index (χ4v) is 4.31. The SMILES string of the molecule is CC1=C(C(=O)N2CCCCCC2)C(c2cccc(Cl)c2)n2ncc(Cl)c2N1. The molecule has 5 nitrogen and oxygen atoms in total. The van der Waals surface area contributed by atoms with E-state index >= 15 is 0 Å². The lowest BCUT2D eigenvalue weighted by atomic mass is 9.94. The van der Waals surface area contributed by atoms with Crippen molar-refractivity contribution in [1.29, 1.82) is 0 Å². The lowest BCUT2D eigenvalue weighted by Gasteiger charge is -2.33. The van der Waals surface area contributed by atoms with Crippen LogP contribution in [0.2, 0.25) is 10.0 Å². The van der Waals surface area contributed by atoms with Crippen LogP contribution >= 0.6 is 23.2 Å². The molecule has 0 aliphatic carbocycles. The van der Waals surface area contributed by atoms with Gasteiger partial charge < -0.3 is 10.2 Å². The Kier molecular flexibility index (Phi) is 5.15. The van der Waals surface area contributed by atoms with E-state index in [4.69, 9.17) is 23.2 Å². The van der Waals surface area contributed by atoms with E-state index in [2.05, 4.69) is 10.4 Å². The minimum Gasteiger partial charge on any atom is -0.342 e. The lowest BCUT2D eigenvalue weighted by molar-refractivity contribution is -0.127. The summed E-state index contributed by atoms with van der Waals surface area (Å²) in [5, 5.41) is 8.88. The first-order valence-corrected chi connectivity index (χ1v) is 10.1. The average Bonchev–Trinajstić information content (AvgIpc) is 2.87. The van der Waals surface area contributed by atoms with E-state index in [1.165, 1.54) is 12.8 Å². The van der Waals surface area contributed by atoms with Gasteiger partial charge in [-0.3, -0.25) is 4.79 Å². The van der Waals surface area contributed by atoms with E-state index in [9.17, 15) is 4.79 Å². The minimum atomic E-state index is -0.358. The van der Waals surface area contributed by atoms with Crippen LogP contribution in [0, 0.1) is 0 Å². The third kappa shape index (κ3) is 3.46. The number of benzene rings is 1. The number of hydrogen-bond acceptors (Lipinski definition) is 3. The molecule has 1 atom stereocenters. The van der Waals surface area contributed by atoms with Gasteiger partial charge in [0.05, 0.1) is 11.8 Å². The Labute approximate surface area is 168 Å². The quantitative estimate of drug-likeness (QED) is 0.775. The van der Waals surface area contributed by atoms with Crippen LogP contribution in [0.3, 0.4) is 0 Å². The summed E-state index contributed by atoms with van der Waals surface area (Å²) in [6.45, 7) is 3.52. The second kappa shape index (κ2) is 7.56. The number of carbonyl (C=O) groups excluding carboxylic acids is 1. The summed E-state index contributed by atoms with van der Waals surface area (Å²) in [5.74, 6) is 0.760. The summed E-state index contributed by atoms with van der Waals surface area (Å²) in [6, 6.07) is 7.23. The predicted molar refractivity (Wildman–Crippen MR) is 108 cm³/mol. The normalized spacial score (nSPS) is 20.1.